The molecule has 0 radical (unpaired) electrons. The van der Waals surface area contributed by atoms with Gasteiger partial charge in [0.2, 0.25) is 0 Å². The average Bonchev–Trinajstić information content (AvgIpc) is 3.18. The number of rotatable bonds is 3. The Hall–Kier alpha value is -3.93. The Morgan fingerprint density at radius 1 is 0.821 bits per heavy atom. The van der Waals surface area contributed by atoms with Crippen molar-refractivity contribution in [3.8, 4) is 34.1 Å². The number of aromatic nitrogens is 4. The molecule has 6 heteroatoms. The van der Waals surface area contributed by atoms with Crippen LogP contribution in [0.25, 0.3) is 39.1 Å². The maximum Gasteiger partial charge on any atom is 0.186 e. The molecule has 6 nitrogen and oxygen atoms in total. The van der Waals surface area contributed by atoms with Gasteiger partial charge in [-0.2, -0.15) is 9.61 Å². The molecule has 0 bridgehead atoms. The predicted octanol–water partition coefficient (Wildman–Crippen LogP) is 4.33. The average molecular weight is 368 g/mol. The fourth-order valence-electron chi connectivity index (χ4n) is 3.39. The van der Waals surface area contributed by atoms with E-state index in [1.165, 1.54) is 7.11 Å². The van der Waals surface area contributed by atoms with Gasteiger partial charge in [-0.1, -0.05) is 54.6 Å². The molecule has 5 aromatic rings. The second kappa shape index (κ2) is 6.35. The van der Waals surface area contributed by atoms with Crippen LogP contribution in [0.2, 0.25) is 0 Å². The molecule has 0 unspecified atom stereocenters. The lowest BCUT2D eigenvalue weighted by Crippen LogP contribution is -1.99. The standard InChI is InChI=1S/C22H16N4O2/c1-28-19-13-15(11-12-18(19)27)21-23-24-22-17-10-6-5-9-16(17)20(25-26(21)22)14-7-3-2-4-8-14/h2-13,27H,1H3. The van der Waals surface area contributed by atoms with E-state index in [0.29, 0.717) is 17.2 Å². The summed E-state index contributed by atoms with van der Waals surface area (Å²) >= 11 is 0. The molecule has 0 aliphatic heterocycles. The molecule has 2 aromatic heterocycles. The molecule has 0 atom stereocenters. The van der Waals surface area contributed by atoms with Gasteiger partial charge in [-0.15, -0.1) is 10.2 Å². The van der Waals surface area contributed by atoms with Gasteiger partial charge < -0.3 is 9.84 Å². The Kier molecular flexibility index (Phi) is 3.69. The van der Waals surface area contributed by atoms with Crippen molar-refractivity contribution >= 4 is 16.4 Å². The van der Waals surface area contributed by atoms with Crippen molar-refractivity contribution in [3.05, 3.63) is 72.8 Å². The Balaban J connectivity index is 1.84. The van der Waals surface area contributed by atoms with Gasteiger partial charge in [0.05, 0.1) is 12.8 Å². The maximum atomic E-state index is 9.90. The molecular weight excluding hydrogens is 352 g/mol. The Morgan fingerprint density at radius 3 is 2.36 bits per heavy atom. The number of aromatic hydroxyl groups is 1. The fourth-order valence-corrected chi connectivity index (χ4v) is 3.39. The summed E-state index contributed by atoms with van der Waals surface area (Å²) in [5.41, 5.74) is 3.31. The molecule has 0 fully saturated rings. The predicted molar refractivity (Wildman–Crippen MR) is 107 cm³/mol. The summed E-state index contributed by atoms with van der Waals surface area (Å²) in [6.45, 7) is 0. The van der Waals surface area contributed by atoms with Gasteiger partial charge in [0.25, 0.3) is 0 Å². The van der Waals surface area contributed by atoms with Crippen LogP contribution in [0.3, 0.4) is 0 Å². The van der Waals surface area contributed by atoms with Gasteiger partial charge in [0.15, 0.2) is 23.0 Å². The van der Waals surface area contributed by atoms with E-state index in [1.807, 2.05) is 54.6 Å². The summed E-state index contributed by atoms with van der Waals surface area (Å²) in [4.78, 5) is 0. The number of ether oxygens (including phenoxy) is 1. The number of phenolic OH excluding ortho intramolecular Hbond substituents is 1. The molecule has 0 spiro atoms. The van der Waals surface area contributed by atoms with E-state index < -0.39 is 0 Å². The number of methoxy groups -OCH3 is 1. The third-order valence-electron chi connectivity index (χ3n) is 4.75. The third kappa shape index (κ3) is 2.46. The van der Waals surface area contributed by atoms with Crippen molar-refractivity contribution in [1.82, 2.24) is 19.8 Å². The third-order valence-corrected chi connectivity index (χ3v) is 4.75. The van der Waals surface area contributed by atoms with Crippen molar-refractivity contribution in [2.75, 3.05) is 7.11 Å². The van der Waals surface area contributed by atoms with Crippen LogP contribution in [0.5, 0.6) is 11.5 Å². The second-order valence-electron chi connectivity index (χ2n) is 6.41. The van der Waals surface area contributed by atoms with E-state index in [1.54, 1.807) is 22.7 Å². The first kappa shape index (κ1) is 16.3. The highest BCUT2D eigenvalue weighted by Crippen LogP contribution is 2.33. The summed E-state index contributed by atoms with van der Waals surface area (Å²) in [5.74, 6) is 1.03. The van der Waals surface area contributed by atoms with Gasteiger partial charge >= 0.3 is 0 Å². The van der Waals surface area contributed by atoms with Gasteiger partial charge in [0.1, 0.15) is 0 Å². The number of benzene rings is 3. The number of nitrogens with zero attached hydrogens (tertiary/aromatic N) is 4. The molecule has 28 heavy (non-hydrogen) atoms. The minimum Gasteiger partial charge on any atom is -0.504 e. The Bertz CT molecular complexity index is 1310. The van der Waals surface area contributed by atoms with Gasteiger partial charge in [-0.3, -0.25) is 0 Å². The SMILES string of the molecule is COc1cc(-c2nnc3c4ccccc4c(-c4ccccc4)nn23)ccc1O. The van der Waals surface area contributed by atoms with Crippen molar-refractivity contribution in [3.63, 3.8) is 0 Å². The highest BCUT2D eigenvalue weighted by atomic mass is 16.5. The summed E-state index contributed by atoms with van der Waals surface area (Å²) in [5, 5.41) is 25.5. The van der Waals surface area contributed by atoms with Gasteiger partial charge in [-0.25, -0.2) is 0 Å². The van der Waals surface area contributed by atoms with Crippen LogP contribution >= 0.6 is 0 Å². The largest absolute Gasteiger partial charge is 0.504 e. The highest BCUT2D eigenvalue weighted by Gasteiger charge is 2.17. The number of hydrogen-bond donors (Lipinski definition) is 1. The molecule has 5 rings (SSSR count). The van der Waals surface area contributed by atoms with Crippen LogP contribution in [-0.2, 0) is 0 Å². The molecule has 0 amide bonds. The summed E-state index contributed by atoms with van der Waals surface area (Å²) < 4.78 is 6.98. The lowest BCUT2D eigenvalue weighted by molar-refractivity contribution is 0.373. The van der Waals surface area contributed by atoms with Crippen LogP contribution in [0.1, 0.15) is 0 Å². The minimum absolute atomic E-state index is 0.0726. The minimum atomic E-state index is 0.0726. The first-order valence-corrected chi connectivity index (χ1v) is 8.83. The molecule has 3 aromatic carbocycles. The molecule has 0 aliphatic rings. The van der Waals surface area contributed by atoms with Gasteiger partial charge in [0, 0.05) is 21.9 Å². The van der Waals surface area contributed by atoms with E-state index in [-0.39, 0.29) is 5.75 Å². The smallest absolute Gasteiger partial charge is 0.186 e. The van der Waals surface area contributed by atoms with Crippen molar-refractivity contribution < 1.29 is 9.84 Å². The van der Waals surface area contributed by atoms with Crippen LogP contribution in [0, 0.1) is 0 Å². The first-order valence-electron chi connectivity index (χ1n) is 8.83. The van der Waals surface area contributed by atoms with E-state index in [9.17, 15) is 5.11 Å². The van der Waals surface area contributed by atoms with Crippen LogP contribution < -0.4 is 4.74 Å². The lowest BCUT2D eigenvalue weighted by Gasteiger charge is -2.09. The second-order valence-corrected chi connectivity index (χ2v) is 6.41. The lowest BCUT2D eigenvalue weighted by atomic mass is 10.1. The number of fused-ring (bicyclic) bond motifs is 3. The Morgan fingerprint density at radius 2 is 1.57 bits per heavy atom. The summed E-state index contributed by atoms with van der Waals surface area (Å²) in [6.07, 6.45) is 0. The first-order chi connectivity index (χ1) is 13.8. The van der Waals surface area contributed by atoms with E-state index >= 15 is 0 Å². The number of phenols is 1. The highest BCUT2D eigenvalue weighted by molar-refractivity contribution is 6.01. The van der Waals surface area contributed by atoms with E-state index in [2.05, 4.69) is 10.2 Å². The molecule has 1 N–H and O–H groups in total. The summed E-state index contributed by atoms with van der Waals surface area (Å²) in [7, 11) is 1.51. The van der Waals surface area contributed by atoms with Crippen molar-refractivity contribution in [2.45, 2.75) is 0 Å². The van der Waals surface area contributed by atoms with Crippen LogP contribution in [0.4, 0.5) is 0 Å². The Labute approximate surface area is 160 Å². The van der Waals surface area contributed by atoms with Crippen molar-refractivity contribution in [2.24, 2.45) is 0 Å². The van der Waals surface area contributed by atoms with E-state index in [4.69, 9.17) is 9.84 Å². The molecule has 136 valence electrons. The zero-order valence-corrected chi connectivity index (χ0v) is 15.1. The zero-order valence-electron chi connectivity index (χ0n) is 15.1. The monoisotopic (exact) mass is 368 g/mol. The number of hydrogen-bond acceptors (Lipinski definition) is 5. The normalized spacial score (nSPS) is 11.2. The van der Waals surface area contributed by atoms with Crippen LogP contribution in [-0.4, -0.2) is 32.0 Å². The topological polar surface area (TPSA) is 72.5 Å². The van der Waals surface area contributed by atoms with Crippen LogP contribution in [0.15, 0.2) is 72.8 Å². The zero-order chi connectivity index (χ0) is 19.1. The quantitative estimate of drug-likeness (QED) is 0.513. The van der Waals surface area contributed by atoms with E-state index in [0.717, 1.165) is 27.6 Å². The molecule has 2 heterocycles. The summed E-state index contributed by atoms with van der Waals surface area (Å²) in [6, 6.07) is 23.2. The molecule has 0 saturated carbocycles. The fraction of sp³-hybridized carbons (Fsp3) is 0.0455. The van der Waals surface area contributed by atoms with Gasteiger partial charge in [-0.05, 0) is 18.2 Å². The molecular formula is C22H16N4O2. The molecule has 0 saturated heterocycles. The van der Waals surface area contributed by atoms with Crippen molar-refractivity contribution in [1.29, 1.82) is 0 Å². The molecule has 0 aliphatic carbocycles. The maximum absolute atomic E-state index is 9.90.